The summed E-state index contributed by atoms with van der Waals surface area (Å²) < 4.78 is 22.8. The van der Waals surface area contributed by atoms with Crippen LogP contribution >= 0.6 is 0 Å². The zero-order valence-corrected chi connectivity index (χ0v) is 23.6. The lowest BCUT2D eigenvalue weighted by atomic mass is 9.44. The van der Waals surface area contributed by atoms with Gasteiger partial charge in [-0.25, -0.2) is 0 Å². The lowest BCUT2D eigenvalue weighted by Gasteiger charge is -2.57. The average Bonchev–Trinajstić information content (AvgIpc) is 3.72. The van der Waals surface area contributed by atoms with E-state index in [1.165, 1.54) is 0 Å². The molecule has 0 bridgehead atoms. The molecular formula is C29H40O13. The monoisotopic (exact) mass is 596 g/mol. The van der Waals surface area contributed by atoms with Crippen LogP contribution in [0.1, 0.15) is 77.0 Å². The molecule has 4 aliphatic heterocycles. The van der Waals surface area contributed by atoms with E-state index in [9.17, 15) is 39.6 Å². The summed E-state index contributed by atoms with van der Waals surface area (Å²) in [4.78, 5) is 64.1. The topological polar surface area (TPSA) is 216 Å². The molecule has 0 aromatic heterocycles. The summed E-state index contributed by atoms with van der Waals surface area (Å²) in [5.41, 5.74) is -5.30. The van der Waals surface area contributed by atoms with E-state index in [2.05, 4.69) is 0 Å². The van der Waals surface area contributed by atoms with Gasteiger partial charge in [0.25, 0.3) is 0 Å². The molecule has 5 fully saturated rings. The van der Waals surface area contributed by atoms with Crippen molar-refractivity contribution >= 4 is 29.7 Å². The number of carboxylic acid groups (broad SMARTS) is 4. The molecule has 42 heavy (non-hydrogen) atoms. The highest BCUT2D eigenvalue weighted by Crippen LogP contribution is 2.80. The molecule has 1 saturated carbocycles. The molecule has 1 aliphatic carbocycles. The zero-order chi connectivity index (χ0) is 30.3. The molecule has 4 N–H and O–H groups in total. The summed E-state index contributed by atoms with van der Waals surface area (Å²) in [5.74, 6) is -4.96. The van der Waals surface area contributed by atoms with E-state index in [4.69, 9.17) is 18.9 Å². The summed E-state index contributed by atoms with van der Waals surface area (Å²) in [6.07, 6.45) is -2.28. The molecule has 0 amide bonds. The largest absolute Gasteiger partial charge is 0.481 e. The van der Waals surface area contributed by atoms with Crippen molar-refractivity contribution in [3.8, 4) is 0 Å². The molecular weight excluding hydrogens is 556 g/mol. The molecule has 0 radical (unpaired) electrons. The van der Waals surface area contributed by atoms with Crippen LogP contribution in [0.4, 0.5) is 0 Å². The second-order valence-corrected chi connectivity index (χ2v) is 12.9. The molecule has 0 spiro atoms. The molecule has 13 heteroatoms. The first-order valence-electron chi connectivity index (χ1n) is 14.8. The molecule has 4 saturated heterocycles. The van der Waals surface area contributed by atoms with Gasteiger partial charge in [0.15, 0.2) is 0 Å². The van der Waals surface area contributed by atoms with E-state index in [0.717, 1.165) is 0 Å². The number of carbonyl (C=O) groups excluding carboxylic acids is 1. The van der Waals surface area contributed by atoms with Crippen molar-refractivity contribution in [3.63, 3.8) is 0 Å². The van der Waals surface area contributed by atoms with Crippen molar-refractivity contribution in [2.24, 2.45) is 21.7 Å². The fraction of sp³-hybridized carbons (Fsp3) is 0.828. The summed E-state index contributed by atoms with van der Waals surface area (Å²) in [7, 11) is 0. The Bertz CT molecular complexity index is 1030. The van der Waals surface area contributed by atoms with Crippen LogP contribution in [0.15, 0.2) is 0 Å². The van der Waals surface area contributed by atoms with Gasteiger partial charge in [-0.15, -0.1) is 0 Å². The molecule has 13 nitrogen and oxygen atoms in total. The SMILES string of the molecule is O=C(O)CCC1(CCC(=O)O)C(=O)C(CC2CO2)(CC2CO2)C(CC2CO2)(CC2CO2)C1(CCC(=O)O)CCC(=O)O. The Balaban J connectivity index is 1.82. The van der Waals surface area contributed by atoms with E-state index in [-0.39, 0.29) is 68.7 Å². The number of hydrogen-bond acceptors (Lipinski definition) is 9. The van der Waals surface area contributed by atoms with Crippen LogP contribution in [0.3, 0.4) is 0 Å². The summed E-state index contributed by atoms with van der Waals surface area (Å²) >= 11 is 0. The highest BCUT2D eigenvalue weighted by Gasteiger charge is 2.81. The van der Waals surface area contributed by atoms with Gasteiger partial charge in [0.2, 0.25) is 0 Å². The van der Waals surface area contributed by atoms with Gasteiger partial charge in [0.1, 0.15) is 5.78 Å². The van der Waals surface area contributed by atoms with Crippen molar-refractivity contribution < 1.29 is 63.3 Å². The predicted molar refractivity (Wildman–Crippen MR) is 140 cm³/mol. The van der Waals surface area contributed by atoms with Gasteiger partial charge in [0.05, 0.1) is 50.8 Å². The standard InChI is InChI=1S/C29H40O13/c30-21(31)1-5-26(6-2-22(32)33)25(38)27(9-17-13-39-17,10-18-14-40-18)29(11-19-15-41-19,12-20-16-42-20)28(26,7-3-23(34)35)8-4-24(36)37/h17-20H,1-16H2,(H,30,31)(H,32,33)(H,34,35)(H,36,37). The maximum Gasteiger partial charge on any atom is 0.303 e. The minimum absolute atomic E-state index is 0.112. The number of carboxylic acids is 4. The highest BCUT2D eigenvalue weighted by atomic mass is 16.6. The van der Waals surface area contributed by atoms with E-state index in [1.807, 2.05) is 0 Å². The Labute approximate surface area is 242 Å². The number of aliphatic carboxylic acids is 4. The molecule has 4 heterocycles. The minimum Gasteiger partial charge on any atom is -0.481 e. The van der Waals surface area contributed by atoms with E-state index in [0.29, 0.717) is 39.3 Å². The normalized spacial score (nSPS) is 35.0. The van der Waals surface area contributed by atoms with E-state index >= 15 is 4.79 Å². The Kier molecular flexibility index (Phi) is 8.42. The Morgan fingerprint density at radius 2 is 0.833 bits per heavy atom. The lowest BCUT2D eigenvalue weighted by Crippen LogP contribution is -2.54. The molecule has 0 aromatic rings. The van der Waals surface area contributed by atoms with Crippen molar-refractivity contribution in [2.45, 2.75) is 101 Å². The molecule has 5 aliphatic rings. The van der Waals surface area contributed by atoms with Crippen LogP contribution < -0.4 is 0 Å². The van der Waals surface area contributed by atoms with Gasteiger partial charge in [-0.1, -0.05) is 0 Å². The first-order valence-corrected chi connectivity index (χ1v) is 14.8. The van der Waals surface area contributed by atoms with Crippen LogP contribution in [0.2, 0.25) is 0 Å². The van der Waals surface area contributed by atoms with Gasteiger partial charge >= 0.3 is 23.9 Å². The third-order valence-electron chi connectivity index (χ3n) is 10.6. The summed E-state index contributed by atoms with van der Waals surface area (Å²) in [6.45, 7) is 1.68. The predicted octanol–water partition coefficient (Wildman–Crippen LogP) is 2.13. The smallest absolute Gasteiger partial charge is 0.303 e. The summed E-state index contributed by atoms with van der Waals surface area (Å²) in [5, 5.41) is 39.6. The molecule has 5 rings (SSSR count). The highest BCUT2D eigenvalue weighted by molar-refractivity contribution is 5.96. The van der Waals surface area contributed by atoms with E-state index in [1.54, 1.807) is 0 Å². The van der Waals surface area contributed by atoms with Gasteiger partial charge in [0, 0.05) is 36.5 Å². The van der Waals surface area contributed by atoms with Gasteiger partial charge in [-0.2, -0.15) is 0 Å². The zero-order valence-electron chi connectivity index (χ0n) is 23.6. The number of ketones is 1. The maximum atomic E-state index is 15.6. The van der Waals surface area contributed by atoms with Crippen molar-refractivity contribution in [1.82, 2.24) is 0 Å². The van der Waals surface area contributed by atoms with Gasteiger partial charge in [-0.3, -0.25) is 24.0 Å². The Hall–Kier alpha value is -2.61. The second-order valence-electron chi connectivity index (χ2n) is 12.9. The fourth-order valence-electron chi connectivity index (χ4n) is 8.83. The average molecular weight is 597 g/mol. The van der Waals surface area contributed by atoms with E-state index < -0.39 is 71.2 Å². The van der Waals surface area contributed by atoms with Crippen LogP contribution in [-0.4, -0.2) is 101 Å². The third kappa shape index (κ3) is 5.80. The first-order chi connectivity index (χ1) is 19.9. The number of Topliss-reactive ketones (excluding diaryl/α,β-unsaturated/α-hetero) is 1. The molecule has 4 unspecified atom stereocenters. The number of hydrogen-bond donors (Lipinski definition) is 4. The second kappa shape index (κ2) is 11.5. The maximum absolute atomic E-state index is 15.6. The van der Waals surface area contributed by atoms with Crippen LogP contribution in [0.5, 0.6) is 0 Å². The number of carbonyl (C=O) groups is 5. The van der Waals surface area contributed by atoms with Crippen molar-refractivity contribution in [1.29, 1.82) is 0 Å². The quantitative estimate of drug-likeness (QED) is 0.148. The molecule has 234 valence electrons. The minimum atomic E-state index is -1.62. The number of ether oxygens (including phenoxy) is 4. The Morgan fingerprint density at radius 3 is 1.14 bits per heavy atom. The van der Waals surface area contributed by atoms with Crippen molar-refractivity contribution in [3.05, 3.63) is 0 Å². The Morgan fingerprint density at radius 1 is 0.524 bits per heavy atom. The number of rotatable bonds is 20. The molecule has 4 atom stereocenters. The van der Waals surface area contributed by atoms with Crippen LogP contribution in [0, 0.1) is 21.7 Å². The third-order valence-corrected chi connectivity index (χ3v) is 10.6. The molecule has 0 aromatic carbocycles. The fourth-order valence-corrected chi connectivity index (χ4v) is 8.83. The summed E-state index contributed by atoms with van der Waals surface area (Å²) in [6, 6.07) is 0. The van der Waals surface area contributed by atoms with Crippen LogP contribution in [0.25, 0.3) is 0 Å². The lowest BCUT2D eigenvalue weighted by molar-refractivity contribution is -0.153. The van der Waals surface area contributed by atoms with Gasteiger partial charge < -0.3 is 39.4 Å². The first kappa shape index (κ1) is 30.8. The van der Waals surface area contributed by atoms with Crippen molar-refractivity contribution in [2.75, 3.05) is 26.4 Å². The van der Waals surface area contributed by atoms with Crippen LogP contribution in [-0.2, 0) is 42.9 Å². The van der Waals surface area contributed by atoms with Gasteiger partial charge in [-0.05, 0) is 62.2 Å². The number of epoxide rings is 4.